The normalized spacial score (nSPS) is 10.1. The fourth-order valence-electron chi connectivity index (χ4n) is 1.14. The Labute approximate surface area is 90.5 Å². The summed E-state index contributed by atoms with van der Waals surface area (Å²) in [6.07, 6.45) is 3.99. The molecule has 0 saturated heterocycles. The fraction of sp³-hybridized carbons (Fsp3) is 0.300. The van der Waals surface area contributed by atoms with Crippen molar-refractivity contribution in [1.29, 1.82) is 0 Å². The van der Waals surface area contributed by atoms with Gasteiger partial charge in [0.1, 0.15) is 0 Å². The molecule has 1 heterocycles. The number of allylic oxidation sites excluding steroid dienone is 1. The Morgan fingerprint density at radius 2 is 2.15 bits per heavy atom. The first-order chi connectivity index (χ1) is 5.74. The van der Waals surface area contributed by atoms with Gasteiger partial charge in [0.05, 0.1) is 0 Å². The second-order valence-corrected chi connectivity index (χ2v) is 3.11. The molecule has 0 unspecified atom stereocenters. The predicted molar refractivity (Wildman–Crippen MR) is 51.1 cm³/mol. The van der Waals surface area contributed by atoms with Crippen molar-refractivity contribution < 1.29 is 17.0 Å². The quantitative estimate of drug-likeness (QED) is 0.581. The molecule has 0 aliphatic rings. The van der Waals surface area contributed by atoms with E-state index in [0.717, 1.165) is 6.54 Å². The van der Waals surface area contributed by atoms with E-state index in [1.54, 1.807) is 5.54 Å². The third-order valence-electron chi connectivity index (χ3n) is 1.80. The van der Waals surface area contributed by atoms with Crippen molar-refractivity contribution in [3.8, 4) is 0 Å². The number of nitrogens with zero attached hydrogens (tertiary/aromatic N) is 1. The van der Waals surface area contributed by atoms with Crippen LogP contribution in [0.1, 0.15) is 11.3 Å². The molecule has 0 aromatic carbocycles. The molecular formula is C10H13Cl2N. The number of halogens is 2. The van der Waals surface area contributed by atoms with Crippen molar-refractivity contribution in [1.82, 2.24) is 0 Å². The Kier molecular flexibility index (Phi) is 5.76. The van der Waals surface area contributed by atoms with Gasteiger partial charge in [-0.05, 0) is 18.6 Å². The third-order valence-corrected chi connectivity index (χ3v) is 1.98. The third kappa shape index (κ3) is 3.79. The summed E-state index contributed by atoms with van der Waals surface area (Å²) in [5.74, 6) is 0. The van der Waals surface area contributed by atoms with Crippen LogP contribution in [0.4, 0.5) is 0 Å². The van der Waals surface area contributed by atoms with Crippen LogP contribution < -0.4 is 17.0 Å². The van der Waals surface area contributed by atoms with Gasteiger partial charge in [-0.2, -0.15) is 4.57 Å². The molecule has 0 saturated carbocycles. The molecule has 0 N–H and O–H groups in total. The first-order valence-corrected chi connectivity index (χ1v) is 4.39. The number of hydrogen-bond acceptors (Lipinski definition) is 0. The summed E-state index contributed by atoms with van der Waals surface area (Å²) in [5.41, 5.74) is 4.09. The molecule has 1 rings (SSSR count). The summed E-state index contributed by atoms with van der Waals surface area (Å²) >= 11 is 5.44. The van der Waals surface area contributed by atoms with E-state index in [4.69, 9.17) is 11.6 Å². The highest BCUT2D eigenvalue weighted by Crippen LogP contribution is 1.96. The fourth-order valence-corrected chi connectivity index (χ4v) is 1.22. The van der Waals surface area contributed by atoms with Crippen LogP contribution in [0.5, 0.6) is 0 Å². The molecule has 0 fully saturated rings. The molecule has 0 amide bonds. The van der Waals surface area contributed by atoms with Crippen LogP contribution in [0, 0.1) is 13.8 Å². The Morgan fingerprint density at radius 3 is 2.69 bits per heavy atom. The van der Waals surface area contributed by atoms with Crippen LogP contribution in [0.15, 0.2) is 29.9 Å². The lowest BCUT2D eigenvalue weighted by Gasteiger charge is -1.97. The number of rotatable bonds is 2. The maximum absolute atomic E-state index is 5.44. The van der Waals surface area contributed by atoms with Crippen molar-refractivity contribution >= 4 is 11.6 Å². The van der Waals surface area contributed by atoms with Crippen molar-refractivity contribution in [2.75, 3.05) is 0 Å². The van der Waals surface area contributed by atoms with Crippen molar-refractivity contribution in [2.45, 2.75) is 20.4 Å². The Morgan fingerprint density at radius 1 is 1.46 bits per heavy atom. The second-order valence-electron chi connectivity index (χ2n) is 2.86. The Hall–Kier alpha value is -0.530. The summed E-state index contributed by atoms with van der Waals surface area (Å²) in [5, 5.41) is 0. The first-order valence-electron chi connectivity index (χ1n) is 3.96. The maximum Gasteiger partial charge on any atom is 0.178 e. The van der Waals surface area contributed by atoms with E-state index < -0.39 is 0 Å². The minimum absolute atomic E-state index is 0. The van der Waals surface area contributed by atoms with Crippen LogP contribution in [-0.2, 0) is 6.54 Å². The SMILES string of the molecule is Cc1cc[n+](C/C=C/Cl)c(C)c1.[Cl-]. The van der Waals surface area contributed by atoms with Crippen LogP contribution in [-0.4, -0.2) is 0 Å². The summed E-state index contributed by atoms with van der Waals surface area (Å²) in [7, 11) is 0. The lowest BCUT2D eigenvalue weighted by Crippen LogP contribution is -3.00. The zero-order valence-corrected chi connectivity index (χ0v) is 9.31. The van der Waals surface area contributed by atoms with Gasteiger partial charge in [-0.3, -0.25) is 0 Å². The Bertz CT molecular complexity index is 295. The van der Waals surface area contributed by atoms with Gasteiger partial charge in [0, 0.05) is 24.6 Å². The van der Waals surface area contributed by atoms with E-state index in [2.05, 4.69) is 36.7 Å². The Balaban J connectivity index is 0.00000144. The molecular weight excluding hydrogens is 205 g/mol. The minimum Gasteiger partial charge on any atom is -1.00 e. The van der Waals surface area contributed by atoms with Gasteiger partial charge in [0.25, 0.3) is 0 Å². The molecule has 3 heteroatoms. The van der Waals surface area contributed by atoms with E-state index in [9.17, 15) is 0 Å². The van der Waals surface area contributed by atoms with Gasteiger partial charge in [-0.15, -0.1) is 0 Å². The molecule has 0 spiro atoms. The summed E-state index contributed by atoms with van der Waals surface area (Å²) < 4.78 is 2.14. The van der Waals surface area contributed by atoms with E-state index >= 15 is 0 Å². The highest BCUT2D eigenvalue weighted by atomic mass is 35.5. The largest absolute Gasteiger partial charge is 1.00 e. The second kappa shape index (κ2) is 6.01. The van der Waals surface area contributed by atoms with E-state index in [1.807, 2.05) is 6.08 Å². The van der Waals surface area contributed by atoms with Crippen LogP contribution >= 0.6 is 11.6 Å². The standard InChI is InChI=1S/C10H13ClN.ClH/c1-9-4-7-12(6-3-5-11)10(2)8-9;/h3-5,7-8H,6H2,1-2H3;1H/q+1;/p-1/b5-3+;. The summed E-state index contributed by atoms with van der Waals surface area (Å²) in [6.45, 7) is 5.03. The van der Waals surface area contributed by atoms with Gasteiger partial charge >= 0.3 is 0 Å². The first kappa shape index (κ1) is 12.5. The lowest BCUT2D eigenvalue weighted by atomic mass is 10.2. The molecule has 1 nitrogen and oxygen atoms in total. The van der Waals surface area contributed by atoms with Gasteiger partial charge in [0.15, 0.2) is 18.4 Å². The van der Waals surface area contributed by atoms with Crippen LogP contribution in [0.25, 0.3) is 0 Å². The summed E-state index contributed by atoms with van der Waals surface area (Å²) in [6, 6.07) is 4.25. The van der Waals surface area contributed by atoms with Gasteiger partial charge < -0.3 is 12.4 Å². The molecule has 0 atom stereocenters. The molecule has 0 aliphatic heterocycles. The van der Waals surface area contributed by atoms with E-state index in [1.165, 1.54) is 11.3 Å². The minimum atomic E-state index is 0. The average Bonchev–Trinajstić information content (AvgIpc) is 2.03. The zero-order chi connectivity index (χ0) is 8.97. The lowest BCUT2D eigenvalue weighted by molar-refractivity contribution is -0.693. The van der Waals surface area contributed by atoms with E-state index in [-0.39, 0.29) is 12.4 Å². The van der Waals surface area contributed by atoms with Gasteiger partial charge in [-0.25, -0.2) is 0 Å². The number of pyridine rings is 1. The van der Waals surface area contributed by atoms with Crippen molar-refractivity contribution in [3.63, 3.8) is 0 Å². The highest BCUT2D eigenvalue weighted by molar-refractivity contribution is 6.25. The van der Waals surface area contributed by atoms with Gasteiger partial charge in [0.2, 0.25) is 0 Å². The molecule has 72 valence electrons. The maximum atomic E-state index is 5.44. The van der Waals surface area contributed by atoms with Crippen LogP contribution in [0.3, 0.4) is 0 Å². The van der Waals surface area contributed by atoms with Crippen molar-refractivity contribution in [2.24, 2.45) is 0 Å². The highest BCUT2D eigenvalue weighted by Gasteiger charge is 2.01. The molecule has 1 aromatic rings. The van der Waals surface area contributed by atoms with E-state index in [0.29, 0.717) is 0 Å². The van der Waals surface area contributed by atoms with Crippen LogP contribution in [0.2, 0.25) is 0 Å². The van der Waals surface area contributed by atoms with Crippen molar-refractivity contribution in [3.05, 3.63) is 41.2 Å². The molecule has 0 radical (unpaired) electrons. The zero-order valence-electron chi connectivity index (χ0n) is 7.80. The monoisotopic (exact) mass is 217 g/mol. The average molecular weight is 218 g/mol. The topological polar surface area (TPSA) is 3.88 Å². The molecule has 0 aliphatic carbocycles. The summed E-state index contributed by atoms with van der Waals surface area (Å²) in [4.78, 5) is 0. The predicted octanol–water partition coefficient (Wildman–Crippen LogP) is -0.653. The molecule has 0 bridgehead atoms. The van der Waals surface area contributed by atoms with Gasteiger partial charge in [-0.1, -0.05) is 11.6 Å². The number of aromatic nitrogens is 1. The smallest absolute Gasteiger partial charge is 0.178 e. The molecule has 13 heavy (non-hydrogen) atoms. The molecule has 1 aromatic heterocycles. The number of hydrogen-bond donors (Lipinski definition) is 0. The number of aryl methyl sites for hydroxylation is 2.